The van der Waals surface area contributed by atoms with Crippen LogP contribution in [0.2, 0.25) is 0 Å². The lowest BCUT2D eigenvalue weighted by atomic mass is 10.1. The van der Waals surface area contributed by atoms with Gasteiger partial charge in [-0.25, -0.2) is 4.98 Å². The number of benzene rings is 1. The molecule has 0 spiro atoms. The van der Waals surface area contributed by atoms with Crippen molar-refractivity contribution in [2.24, 2.45) is 0 Å². The first-order valence-corrected chi connectivity index (χ1v) is 7.61. The Morgan fingerprint density at radius 3 is 2.59 bits per heavy atom. The van der Waals surface area contributed by atoms with Crippen molar-refractivity contribution in [2.75, 3.05) is 32.6 Å². The molecule has 1 aromatic carbocycles. The lowest BCUT2D eigenvalue weighted by Gasteiger charge is -2.23. The first-order valence-electron chi connectivity index (χ1n) is 7.61. The van der Waals surface area contributed by atoms with Gasteiger partial charge in [-0.1, -0.05) is 35.9 Å². The first kappa shape index (κ1) is 16.5. The van der Waals surface area contributed by atoms with E-state index in [2.05, 4.69) is 52.5 Å². The second kappa shape index (κ2) is 8.51. The van der Waals surface area contributed by atoms with Crippen LogP contribution in [0.3, 0.4) is 0 Å². The van der Waals surface area contributed by atoms with Crippen LogP contribution >= 0.6 is 0 Å². The van der Waals surface area contributed by atoms with Crippen LogP contribution in [0.1, 0.15) is 16.7 Å². The molecule has 0 aliphatic carbocycles. The normalized spacial score (nSPS) is 10.9. The van der Waals surface area contributed by atoms with Gasteiger partial charge >= 0.3 is 0 Å². The molecular formula is C18H25N3O. The topological polar surface area (TPSA) is 37.4 Å². The minimum Gasteiger partial charge on any atom is -0.383 e. The average Bonchev–Trinajstić information content (AvgIpc) is 2.55. The van der Waals surface area contributed by atoms with Gasteiger partial charge in [0.2, 0.25) is 0 Å². The van der Waals surface area contributed by atoms with E-state index in [1.807, 2.05) is 19.3 Å². The maximum absolute atomic E-state index is 5.25. The summed E-state index contributed by atoms with van der Waals surface area (Å²) in [5.74, 6) is 0.939. The Labute approximate surface area is 133 Å². The third kappa shape index (κ3) is 4.83. The van der Waals surface area contributed by atoms with Crippen molar-refractivity contribution in [3.8, 4) is 0 Å². The standard InChI is InChI=1S/C18H25N3O/c1-15-6-8-16(9-7-15)13-21(11-12-22-3)14-17-5-4-10-20-18(17)19-2/h4-10H,11-14H2,1-3H3,(H,19,20). The Hall–Kier alpha value is -1.91. The number of methoxy groups -OCH3 is 1. The summed E-state index contributed by atoms with van der Waals surface area (Å²) in [6.45, 7) is 5.48. The molecule has 0 bridgehead atoms. The highest BCUT2D eigenvalue weighted by atomic mass is 16.5. The molecule has 4 nitrogen and oxygen atoms in total. The molecule has 0 atom stereocenters. The van der Waals surface area contributed by atoms with Gasteiger partial charge in [-0.3, -0.25) is 4.90 Å². The van der Waals surface area contributed by atoms with Crippen molar-refractivity contribution < 1.29 is 4.74 Å². The van der Waals surface area contributed by atoms with Crippen LogP contribution in [0.15, 0.2) is 42.6 Å². The summed E-state index contributed by atoms with van der Waals surface area (Å²) in [5.41, 5.74) is 3.81. The monoisotopic (exact) mass is 299 g/mol. The minimum absolute atomic E-state index is 0.723. The highest BCUT2D eigenvalue weighted by Crippen LogP contribution is 2.16. The smallest absolute Gasteiger partial charge is 0.130 e. The zero-order valence-electron chi connectivity index (χ0n) is 13.7. The van der Waals surface area contributed by atoms with Gasteiger partial charge in [-0.2, -0.15) is 0 Å². The largest absolute Gasteiger partial charge is 0.383 e. The van der Waals surface area contributed by atoms with Crippen LogP contribution in [0, 0.1) is 6.92 Å². The third-order valence-corrected chi connectivity index (χ3v) is 3.66. The SMILES string of the molecule is CNc1ncccc1CN(CCOC)Cc1ccc(C)cc1. The lowest BCUT2D eigenvalue weighted by Crippen LogP contribution is -2.27. The molecule has 1 N–H and O–H groups in total. The quantitative estimate of drug-likeness (QED) is 0.813. The molecule has 2 aromatic rings. The number of ether oxygens (including phenoxy) is 1. The summed E-state index contributed by atoms with van der Waals surface area (Å²) in [6, 6.07) is 12.8. The predicted octanol–water partition coefficient (Wildman–Crippen LogP) is 3.08. The number of hydrogen-bond donors (Lipinski definition) is 1. The average molecular weight is 299 g/mol. The Balaban J connectivity index is 2.09. The van der Waals surface area contributed by atoms with Crippen LogP contribution < -0.4 is 5.32 Å². The zero-order chi connectivity index (χ0) is 15.8. The number of nitrogens with zero attached hydrogens (tertiary/aromatic N) is 2. The van der Waals surface area contributed by atoms with Crippen molar-refractivity contribution in [1.29, 1.82) is 0 Å². The lowest BCUT2D eigenvalue weighted by molar-refractivity contribution is 0.140. The van der Waals surface area contributed by atoms with E-state index in [-0.39, 0.29) is 0 Å². The fraction of sp³-hybridized carbons (Fsp3) is 0.389. The summed E-state index contributed by atoms with van der Waals surface area (Å²) < 4.78 is 5.25. The number of rotatable bonds is 8. The Morgan fingerprint density at radius 2 is 1.91 bits per heavy atom. The van der Waals surface area contributed by atoms with E-state index in [1.54, 1.807) is 7.11 Å². The number of aryl methyl sites for hydroxylation is 1. The molecule has 2 rings (SSSR count). The molecule has 0 amide bonds. The molecule has 0 aliphatic rings. The molecule has 0 saturated carbocycles. The van der Waals surface area contributed by atoms with E-state index < -0.39 is 0 Å². The van der Waals surface area contributed by atoms with E-state index in [4.69, 9.17) is 4.74 Å². The minimum atomic E-state index is 0.723. The Kier molecular flexibility index (Phi) is 6.37. The van der Waals surface area contributed by atoms with Gasteiger partial charge in [0, 0.05) is 45.6 Å². The van der Waals surface area contributed by atoms with Crippen LogP contribution in [-0.4, -0.2) is 37.2 Å². The number of anilines is 1. The second-order valence-electron chi connectivity index (χ2n) is 5.45. The first-order chi connectivity index (χ1) is 10.7. The summed E-state index contributed by atoms with van der Waals surface area (Å²) in [6.07, 6.45) is 1.81. The molecule has 0 radical (unpaired) electrons. The molecule has 118 valence electrons. The van der Waals surface area contributed by atoms with Gasteiger partial charge in [-0.15, -0.1) is 0 Å². The zero-order valence-corrected chi connectivity index (χ0v) is 13.7. The van der Waals surface area contributed by atoms with Gasteiger partial charge in [0.25, 0.3) is 0 Å². The number of nitrogens with one attached hydrogen (secondary N) is 1. The summed E-state index contributed by atoms with van der Waals surface area (Å²) >= 11 is 0. The van der Waals surface area contributed by atoms with Crippen molar-refractivity contribution >= 4 is 5.82 Å². The van der Waals surface area contributed by atoms with Crippen LogP contribution in [0.5, 0.6) is 0 Å². The maximum atomic E-state index is 5.25. The number of pyridine rings is 1. The number of aromatic nitrogens is 1. The Morgan fingerprint density at radius 1 is 1.14 bits per heavy atom. The van der Waals surface area contributed by atoms with E-state index in [0.29, 0.717) is 0 Å². The molecule has 22 heavy (non-hydrogen) atoms. The Bertz CT molecular complexity index is 569. The predicted molar refractivity (Wildman–Crippen MR) is 91.0 cm³/mol. The van der Waals surface area contributed by atoms with Gasteiger partial charge in [0.15, 0.2) is 0 Å². The van der Waals surface area contributed by atoms with Crippen LogP contribution in [0.25, 0.3) is 0 Å². The number of hydrogen-bond acceptors (Lipinski definition) is 4. The molecule has 1 heterocycles. The van der Waals surface area contributed by atoms with Gasteiger partial charge in [-0.05, 0) is 18.6 Å². The molecule has 4 heteroatoms. The van der Waals surface area contributed by atoms with Gasteiger partial charge in [0.1, 0.15) is 5.82 Å². The summed E-state index contributed by atoms with van der Waals surface area (Å²) in [7, 11) is 3.65. The molecule has 0 saturated heterocycles. The van der Waals surface area contributed by atoms with Gasteiger partial charge in [0.05, 0.1) is 6.61 Å². The van der Waals surface area contributed by atoms with Crippen LogP contribution in [0.4, 0.5) is 5.82 Å². The van der Waals surface area contributed by atoms with E-state index in [0.717, 1.165) is 32.1 Å². The maximum Gasteiger partial charge on any atom is 0.130 e. The fourth-order valence-corrected chi connectivity index (χ4v) is 2.42. The van der Waals surface area contributed by atoms with Crippen molar-refractivity contribution in [2.45, 2.75) is 20.0 Å². The molecule has 0 fully saturated rings. The highest BCUT2D eigenvalue weighted by molar-refractivity contribution is 5.42. The summed E-state index contributed by atoms with van der Waals surface area (Å²) in [4.78, 5) is 6.76. The van der Waals surface area contributed by atoms with Crippen molar-refractivity contribution in [3.05, 3.63) is 59.3 Å². The van der Waals surface area contributed by atoms with Gasteiger partial charge < -0.3 is 10.1 Å². The second-order valence-corrected chi connectivity index (χ2v) is 5.45. The van der Waals surface area contributed by atoms with Crippen molar-refractivity contribution in [3.63, 3.8) is 0 Å². The van der Waals surface area contributed by atoms with E-state index >= 15 is 0 Å². The fourth-order valence-electron chi connectivity index (χ4n) is 2.42. The molecular weight excluding hydrogens is 274 g/mol. The molecule has 0 unspecified atom stereocenters. The third-order valence-electron chi connectivity index (χ3n) is 3.66. The molecule has 0 aliphatic heterocycles. The summed E-state index contributed by atoms with van der Waals surface area (Å²) in [5, 5.41) is 3.16. The van der Waals surface area contributed by atoms with Crippen molar-refractivity contribution in [1.82, 2.24) is 9.88 Å². The van der Waals surface area contributed by atoms with Crippen LogP contribution in [-0.2, 0) is 17.8 Å². The van der Waals surface area contributed by atoms with E-state index in [1.165, 1.54) is 16.7 Å². The molecule has 1 aromatic heterocycles. The highest BCUT2D eigenvalue weighted by Gasteiger charge is 2.10. The van der Waals surface area contributed by atoms with E-state index in [9.17, 15) is 0 Å².